The second-order valence-electron chi connectivity index (χ2n) is 6.88. The summed E-state index contributed by atoms with van der Waals surface area (Å²) in [6, 6.07) is 15.9. The fourth-order valence-corrected chi connectivity index (χ4v) is 3.62. The summed E-state index contributed by atoms with van der Waals surface area (Å²) in [6.45, 7) is 2.74. The molecular formula is C22H26O3. The number of hydrogen-bond donors (Lipinski definition) is 1. The second-order valence-corrected chi connectivity index (χ2v) is 6.88. The summed E-state index contributed by atoms with van der Waals surface area (Å²) in [4.78, 5) is 11.7. The van der Waals surface area contributed by atoms with E-state index in [1.54, 1.807) is 6.07 Å². The quantitative estimate of drug-likeness (QED) is 0.788. The molecule has 0 spiro atoms. The van der Waals surface area contributed by atoms with Crippen LogP contribution in [0.3, 0.4) is 0 Å². The van der Waals surface area contributed by atoms with Crippen molar-refractivity contribution < 1.29 is 14.6 Å². The van der Waals surface area contributed by atoms with Gasteiger partial charge in [-0.1, -0.05) is 43.3 Å². The molecule has 0 radical (unpaired) electrons. The molecular weight excluding hydrogens is 312 g/mol. The number of ketones is 1. The maximum Gasteiger partial charge on any atom is 0.133 e. The molecule has 2 atom stereocenters. The summed E-state index contributed by atoms with van der Waals surface area (Å²) in [5.74, 6) is 1.69. The van der Waals surface area contributed by atoms with Crippen molar-refractivity contribution in [2.75, 3.05) is 6.61 Å². The molecule has 1 N–H and O–H groups in total. The molecule has 1 fully saturated rings. The first-order chi connectivity index (χ1) is 12.2. The van der Waals surface area contributed by atoms with Crippen molar-refractivity contribution in [2.45, 2.75) is 50.9 Å². The number of benzene rings is 2. The van der Waals surface area contributed by atoms with Crippen LogP contribution in [0, 0.1) is 0 Å². The number of phenols is 1. The zero-order valence-electron chi connectivity index (χ0n) is 14.8. The van der Waals surface area contributed by atoms with E-state index in [1.807, 2.05) is 30.3 Å². The maximum absolute atomic E-state index is 11.7. The topological polar surface area (TPSA) is 46.5 Å². The van der Waals surface area contributed by atoms with E-state index in [2.05, 4.69) is 19.1 Å². The predicted octanol–water partition coefficient (Wildman–Crippen LogP) is 5.19. The van der Waals surface area contributed by atoms with Crippen LogP contribution in [0.1, 0.15) is 62.0 Å². The number of carbonyl (C=O) groups excluding carboxylic acids is 1. The summed E-state index contributed by atoms with van der Waals surface area (Å²) in [5, 5.41) is 10.4. The van der Waals surface area contributed by atoms with Gasteiger partial charge >= 0.3 is 0 Å². The lowest BCUT2D eigenvalue weighted by Crippen LogP contribution is -2.13. The highest BCUT2D eigenvalue weighted by molar-refractivity contribution is 5.80. The lowest BCUT2D eigenvalue weighted by Gasteiger charge is -2.22. The van der Waals surface area contributed by atoms with Gasteiger partial charge in [-0.15, -0.1) is 0 Å². The predicted molar refractivity (Wildman–Crippen MR) is 99.3 cm³/mol. The third kappa shape index (κ3) is 4.41. The van der Waals surface area contributed by atoms with Crippen LogP contribution in [-0.2, 0) is 4.79 Å². The number of rotatable bonds is 6. The summed E-state index contributed by atoms with van der Waals surface area (Å²) in [5.41, 5.74) is 2.14. The monoisotopic (exact) mass is 338 g/mol. The van der Waals surface area contributed by atoms with Gasteiger partial charge in [0, 0.05) is 24.8 Å². The van der Waals surface area contributed by atoms with Crippen LogP contribution in [0.25, 0.3) is 0 Å². The zero-order valence-corrected chi connectivity index (χ0v) is 14.8. The zero-order chi connectivity index (χ0) is 17.6. The van der Waals surface area contributed by atoms with Crippen molar-refractivity contribution in [3.8, 4) is 11.5 Å². The Hall–Kier alpha value is -2.29. The highest BCUT2D eigenvalue weighted by Crippen LogP contribution is 2.37. The molecule has 3 rings (SSSR count). The van der Waals surface area contributed by atoms with Crippen LogP contribution in [0.2, 0.25) is 0 Å². The fraction of sp³-hybridized carbons (Fsp3) is 0.409. The average Bonchev–Trinajstić information content (AvgIpc) is 2.63. The van der Waals surface area contributed by atoms with Crippen molar-refractivity contribution in [1.82, 2.24) is 0 Å². The minimum Gasteiger partial charge on any atom is -0.508 e. The Bertz CT molecular complexity index is 708. The lowest BCUT2D eigenvalue weighted by atomic mass is 9.83. The molecule has 2 aromatic carbocycles. The van der Waals surface area contributed by atoms with Gasteiger partial charge in [0.25, 0.3) is 0 Å². The number of hydrogen-bond acceptors (Lipinski definition) is 3. The first kappa shape index (κ1) is 17.5. The Labute approximate surface area is 149 Å². The Morgan fingerprint density at radius 2 is 2.00 bits per heavy atom. The molecule has 0 amide bonds. The van der Waals surface area contributed by atoms with E-state index in [0.717, 1.165) is 24.8 Å². The normalized spacial score (nSPS) is 18.8. The lowest BCUT2D eigenvalue weighted by molar-refractivity contribution is -0.120. The first-order valence-corrected chi connectivity index (χ1v) is 9.19. The van der Waals surface area contributed by atoms with Gasteiger partial charge in [0.05, 0.1) is 6.61 Å². The minimum absolute atomic E-state index is 0.142. The number of aromatic hydroxyl groups is 1. The van der Waals surface area contributed by atoms with Crippen LogP contribution in [0.5, 0.6) is 11.5 Å². The van der Waals surface area contributed by atoms with Crippen molar-refractivity contribution in [1.29, 1.82) is 0 Å². The first-order valence-electron chi connectivity index (χ1n) is 9.19. The Morgan fingerprint density at radius 3 is 2.68 bits per heavy atom. The third-order valence-corrected chi connectivity index (χ3v) is 5.14. The molecule has 1 aliphatic rings. The Morgan fingerprint density at radius 1 is 1.20 bits per heavy atom. The second kappa shape index (κ2) is 8.19. The van der Waals surface area contributed by atoms with Gasteiger partial charge < -0.3 is 9.84 Å². The van der Waals surface area contributed by atoms with Crippen molar-refractivity contribution in [2.24, 2.45) is 0 Å². The van der Waals surface area contributed by atoms with Gasteiger partial charge in [0.15, 0.2) is 0 Å². The van der Waals surface area contributed by atoms with Crippen LogP contribution in [-0.4, -0.2) is 17.5 Å². The molecule has 132 valence electrons. The van der Waals surface area contributed by atoms with E-state index in [1.165, 1.54) is 5.56 Å². The van der Waals surface area contributed by atoms with Gasteiger partial charge in [-0.2, -0.15) is 0 Å². The minimum atomic E-state index is 0.142. The maximum atomic E-state index is 11.7. The molecule has 2 aromatic rings. The third-order valence-electron chi connectivity index (χ3n) is 5.14. The molecule has 1 saturated carbocycles. The van der Waals surface area contributed by atoms with Gasteiger partial charge in [-0.25, -0.2) is 0 Å². The van der Waals surface area contributed by atoms with Crippen molar-refractivity contribution in [3.63, 3.8) is 0 Å². The molecule has 0 saturated heterocycles. The van der Waals surface area contributed by atoms with Crippen LogP contribution in [0.15, 0.2) is 48.5 Å². The molecule has 0 aliphatic heterocycles. The van der Waals surface area contributed by atoms with Crippen LogP contribution in [0.4, 0.5) is 0 Å². The van der Waals surface area contributed by atoms with E-state index in [-0.39, 0.29) is 11.7 Å². The molecule has 1 aliphatic carbocycles. The van der Waals surface area contributed by atoms with Crippen molar-refractivity contribution in [3.05, 3.63) is 59.7 Å². The molecule has 2 unspecified atom stereocenters. The Kier molecular flexibility index (Phi) is 5.75. The number of phenolic OH excluding ortho intramolecular Hbond substituents is 1. The molecule has 25 heavy (non-hydrogen) atoms. The van der Waals surface area contributed by atoms with Gasteiger partial charge in [0.1, 0.15) is 17.3 Å². The van der Waals surface area contributed by atoms with Gasteiger partial charge in [-0.3, -0.25) is 4.79 Å². The van der Waals surface area contributed by atoms with E-state index < -0.39 is 0 Å². The van der Waals surface area contributed by atoms with E-state index in [0.29, 0.717) is 36.9 Å². The summed E-state index contributed by atoms with van der Waals surface area (Å²) in [6.07, 6.45) is 4.09. The molecule has 0 bridgehead atoms. The molecule has 0 aromatic heterocycles. The average molecular weight is 338 g/mol. The number of ether oxygens (including phenoxy) is 1. The summed E-state index contributed by atoms with van der Waals surface area (Å²) < 4.78 is 5.93. The van der Waals surface area contributed by atoms with Gasteiger partial charge in [-0.05, 0) is 42.4 Å². The van der Waals surface area contributed by atoms with Gasteiger partial charge in [0.2, 0.25) is 0 Å². The largest absolute Gasteiger partial charge is 0.508 e. The standard InChI is InChI=1S/C22H26O3/c1-2-16(17-7-4-3-5-8-17)15-25-20-11-12-21(22(24)14-20)18-9-6-10-19(23)13-18/h3-5,7-8,11-12,14,16,18,24H,2,6,9-10,13,15H2,1H3. The molecule has 3 heteroatoms. The van der Waals surface area contributed by atoms with E-state index in [4.69, 9.17) is 4.74 Å². The van der Waals surface area contributed by atoms with Crippen LogP contribution < -0.4 is 4.74 Å². The number of carbonyl (C=O) groups is 1. The molecule has 0 heterocycles. The van der Waals surface area contributed by atoms with Crippen LogP contribution >= 0.6 is 0 Å². The number of Topliss-reactive ketones (excluding diaryl/α,β-unsaturated/α-hetero) is 1. The van der Waals surface area contributed by atoms with E-state index >= 15 is 0 Å². The van der Waals surface area contributed by atoms with E-state index in [9.17, 15) is 9.90 Å². The van der Waals surface area contributed by atoms with Crippen molar-refractivity contribution >= 4 is 5.78 Å². The fourth-order valence-electron chi connectivity index (χ4n) is 3.62. The summed E-state index contributed by atoms with van der Waals surface area (Å²) >= 11 is 0. The highest BCUT2D eigenvalue weighted by Gasteiger charge is 2.23. The highest BCUT2D eigenvalue weighted by atomic mass is 16.5. The molecule has 3 nitrogen and oxygen atoms in total. The Balaban J connectivity index is 1.65. The summed E-state index contributed by atoms with van der Waals surface area (Å²) in [7, 11) is 0. The SMILES string of the molecule is CCC(COc1ccc(C2CCCC(=O)C2)c(O)c1)c1ccccc1. The smallest absolute Gasteiger partial charge is 0.133 e.